The molecule has 3 N–H and O–H groups in total. The van der Waals surface area contributed by atoms with Crippen LogP contribution >= 0.6 is 0 Å². The lowest BCUT2D eigenvalue weighted by Crippen LogP contribution is -2.51. The zero-order valence-electron chi connectivity index (χ0n) is 15.6. The van der Waals surface area contributed by atoms with E-state index in [-0.39, 0.29) is 49.2 Å². The molecule has 0 aliphatic carbocycles. The zero-order valence-corrected chi connectivity index (χ0v) is 16.4. The fourth-order valence-corrected chi connectivity index (χ4v) is 4.56. The van der Waals surface area contributed by atoms with E-state index >= 15 is 0 Å². The van der Waals surface area contributed by atoms with Crippen molar-refractivity contribution in [3.8, 4) is 0 Å². The fraction of sp³-hybridized carbons (Fsp3) is 0.375. The number of aromatic amines is 1. The summed E-state index contributed by atoms with van der Waals surface area (Å²) in [5.41, 5.74) is 4.05. The Balaban J connectivity index is 1.67. The van der Waals surface area contributed by atoms with Gasteiger partial charge in [-0.2, -0.15) is 4.31 Å². The third-order valence-electron chi connectivity index (χ3n) is 4.66. The number of carbonyl (C=O) groups is 2. The number of piperazine rings is 1. The van der Waals surface area contributed by atoms with Crippen molar-refractivity contribution in [1.82, 2.24) is 23.3 Å². The van der Waals surface area contributed by atoms with Crippen LogP contribution in [0.2, 0.25) is 0 Å². The first-order valence-electron chi connectivity index (χ1n) is 8.63. The standard InChI is InChI=1S/C16H20N6O6S/c1-19-9-11(8-12(19)15(17)25)29(27,28)22-6-4-20(5-7-22)14(24)10-21-3-2-13(23)18-16(21)26/h2-3,8-9H,4-7,10H2,1H3,(H2,17,25)(H,18,23,26). The average Bonchev–Trinajstić information content (AvgIpc) is 3.07. The first kappa shape index (κ1) is 20.5. The predicted octanol–water partition coefficient (Wildman–Crippen LogP) is -2.49. The van der Waals surface area contributed by atoms with E-state index in [9.17, 15) is 27.6 Å². The molecule has 0 saturated carbocycles. The van der Waals surface area contributed by atoms with Crippen molar-refractivity contribution >= 4 is 21.8 Å². The summed E-state index contributed by atoms with van der Waals surface area (Å²) in [4.78, 5) is 50.0. The van der Waals surface area contributed by atoms with Crippen LogP contribution in [0.3, 0.4) is 0 Å². The van der Waals surface area contributed by atoms with E-state index in [0.29, 0.717) is 0 Å². The van der Waals surface area contributed by atoms with Crippen molar-refractivity contribution in [2.24, 2.45) is 12.8 Å². The number of rotatable bonds is 5. The van der Waals surface area contributed by atoms with E-state index in [0.717, 1.165) is 10.6 Å². The summed E-state index contributed by atoms with van der Waals surface area (Å²) < 4.78 is 29.2. The van der Waals surface area contributed by atoms with E-state index in [2.05, 4.69) is 4.98 Å². The maximum absolute atomic E-state index is 12.8. The summed E-state index contributed by atoms with van der Waals surface area (Å²) in [6, 6.07) is 2.36. The van der Waals surface area contributed by atoms with Crippen LogP contribution in [-0.2, 0) is 28.4 Å². The summed E-state index contributed by atoms with van der Waals surface area (Å²) in [6.07, 6.45) is 2.54. The smallest absolute Gasteiger partial charge is 0.328 e. The molecule has 2 aromatic rings. The molecule has 0 atom stereocenters. The van der Waals surface area contributed by atoms with Crippen LogP contribution in [-0.4, -0.2) is 69.7 Å². The zero-order chi connectivity index (χ0) is 21.3. The van der Waals surface area contributed by atoms with Gasteiger partial charge in [0.25, 0.3) is 11.5 Å². The van der Waals surface area contributed by atoms with Gasteiger partial charge in [0.15, 0.2) is 0 Å². The van der Waals surface area contributed by atoms with Crippen molar-refractivity contribution in [3.63, 3.8) is 0 Å². The van der Waals surface area contributed by atoms with Gasteiger partial charge in [-0.1, -0.05) is 0 Å². The third-order valence-corrected chi connectivity index (χ3v) is 6.53. The van der Waals surface area contributed by atoms with E-state index in [1.807, 2.05) is 0 Å². The Morgan fingerprint density at radius 2 is 1.83 bits per heavy atom. The van der Waals surface area contributed by atoms with Gasteiger partial charge in [-0.05, 0) is 6.07 Å². The Bertz CT molecular complexity index is 1170. The minimum atomic E-state index is -3.84. The lowest BCUT2D eigenvalue weighted by Gasteiger charge is -2.33. The number of aromatic nitrogens is 3. The van der Waals surface area contributed by atoms with Crippen LogP contribution < -0.4 is 17.0 Å². The van der Waals surface area contributed by atoms with Crippen LogP contribution in [0.15, 0.2) is 39.0 Å². The number of primary amides is 1. The molecule has 2 amide bonds. The van der Waals surface area contributed by atoms with Gasteiger partial charge in [0, 0.05) is 51.7 Å². The number of nitrogens with two attached hydrogens (primary N) is 1. The maximum Gasteiger partial charge on any atom is 0.328 e. The summed E-state index contributed by atoms with van der Waals surface area (Å²) >= 11 is 0. The molecule has 3 heterocycles. The molecular weight excluding hydrogens is 404 g/mol. The van der Waals surface area contributed by atoms with E-state index in [1.165, 1.54) is 39.3 Å². The molecule has 1 saturated heterocycles. The van der Waals surface area contributed by atoms with Crippen LogP contribution in [0, 0.1) is 0 Å². The number of hydrogen-bond acceptors (Lipinski definition) is 6. The van der Waals surface area contributed by atoms with Crippen LogP contribution in [0.4, 0.5) is 0 Å². The van der Waals surface area contributed by atoms with Gasteiger partial charge >= 0.3 is 5.69 Å². The lowest BCUT2D eigenvalue weighted by atomic mass is 10.3. The predicted molar refractivity (Wildman–Crippen MR) is 101 cm³/mol. The van der Waals surface area contributed by atoms with Gasteiger partial charge in [0.2, 0.25) is 15.9 Å². The summed E-state index contributed by atoms with van der Waals surface area (Å²) in [5, 5.41) is 0. The SMILES string of the molecule is Cn1cc(S(=O)(=O)N2CCN(C(=O)Cn3ccc(=O)[nH]c3=O)CC2)cc1C(N)=O. The first-order valence-corrected chi connectivity index (χ1v) is 10.1. The average molecular weight is 424 g/mol. The van der Waals surface area contributed by atoms with Gasteiger partial charge in [-0.25, -0.2) is 13.2 Å². The van der Waals surface area contributed by atoms with Crippen molar-refractivity contribution in [2.45, 2.75) is 11.4 Å². The highest BCUT2D eigenvalue weighted by Crippen LogP contribution is 2.20. The van der Waals surface area contributed by atoms with Gasteiger partial charge in [0.05, 0.1) is 0 Å². The van der Waals surface area contributed by atoms with Crippen molar-refractivity contribution in [3.05, 3.63) is 51.1 Å². The molecule has 0 radical (unpaired) electrons. The largest absolute Gasteiger partial charge is 0.364 e. The van der Waals surface area contributed by atoms with E-state index in [4.69, 9.17) is 5.73 Å². The molecule has 0 aromatic carbocycles. The first-order chi connectivity index (χ1) is 13.6. The molecule has 0 bridgehead atoms. The Morgan fingerprint density at radius 1 is 1.17 bits per heavy atom. The van der Waals surface area contributed by atoms with Crippen LogP contribution in [0.5, 0.6) is 0 Å². The Hall–Kier alpha value is -3.19. The number of H-pyrrole nitrogens is 1. The molecule has 1 aliphatic rings. The quantitative estimate of drug-likeness (QED) is 0.540. The number of amides is 2. The van der Waals surface area contributed by atoms with Gasteiger partial charge in [0.1, 0.15) is 17.1 Å². The van der Waals surface area contributed by atoms with Crippen LogP contribution in [0.1, 0.15) is 10.5 Å². The number of hydrogen-bond donors (Lipinski definition) is 2. The molecule has 13 heteroatoms. The molecular formula is C16H20N6O6S. The Kier molecular flexibility index (Phi) is 5.44. The lowest BCUT2D eigenvalue weighted by molar-refractivity contribution is -0.133. The number of nitrogens with zero attached hydrogens (tertiary/aromatic N) is 4. The number of nitrogens with one attached hydrogen (secondary N) is 1. The highest BCUT2D eigenvalue weighted by Gasteiger charge is 2.31. The monoisotopic (exact) mass is 424 g/mol. The summed E-state index contributed by atoms with van der Waals surface area (Å²) in [6.45, 7) is 0.158. The normalized spacial score (nSPS) is 15.4. The van der Waals surface area contributed by atoms with Gasteiger partial charge in [-0.3, -0.25) is 23.9 Å². The molecule has 29 heavy (non-hydrogen) atoms. The molecule has 1 fully saturated rings. The summed E-state index contributed by atoms with van der Waals surface area (Å²) in [5.74, 6) is -1.10. The second kappa shape index (κ2) is 7.67. The molecule has 156 valence electrons. The minimum Gasteiger partial charge on any atom is -0.364 e. The van der Waals surface area contributed by atoms with Gasteiger partial charge in [-0.15, -0.1) is 0 Å². The van der Waals surface area contributed by atoms with E-state index in [1.54, 1.807) is 0 Å². The molecule has 3 rings (SSSR count). The minimum absolute atomic E-state index is 0.0478. The summed E-state index contributed by atoms with van der Waals surface area (Å²) in [7, 11) is -2.32. The molecule has 0 spiro atoms. The van der Waals surface area contributed by atoms with E-state index < -0.39 is 27.2 Å². The fourth-order valence-electron chi connectivity index (χ4n) is 3.06. The highest BCUT2D eigenvalue weighted by atomic mass is 32.2. The maximum atomic E-state index is 12.8. The van der Waals surface area contributed by atoms with Gasteiger partial charge < -0.3 is 15.2 Å². The highest BCUT2D eigenvalue weighted by molar-refractivity contribution is 7.89. The van der Waals surface area contributed by atoms with Crippen LogP contribution in [0.25, 0.3) is 0 Å². The second-order valence-electron chi connectivity index (χ2n) is 6.56. The Morgan fingerprint density at radius 3 is 2.38 bits per heavy atom. The molecule has 12 nitrogen and oxygen atoms in total. The molecule has 0 unspecified atom stereocenters. The second-order valence-corrected chi connectivity index (χ2v) is 8.50. The molecule has 1 aliphatic heterocycles. The Labute approximate surface area is 165 Å². The number of carbonyl (C=O) groups excluding carboxylic acids is 2. The van der Waals surface area contributed by atoms with Crippen molar-refractivity contribution < 1.29 is 18.0 Å². The topological polar surface area (TPSA) is 161 Å². The number of aryl methyl sites for hydroxylation is 1. The van der Waals surface area contributed by atoms with Crippen molar-refractivity contribution in [2.75, 3.05) is 26.2 Å². The number of sulfonamides is 1. The third kappa shape index (κ3) is 4.14. The van der Waals surface area contributed by atoms with Crippen molar-refractivity contribution in [1.29, 1.82) is 0 Å². The molecule has 2 aromatic heterocycles.